The van der Waals surface area contributed by atoms with Gasteiger partial charge in [-0.2, -0.15) is 5.10 Å². The molecule has 6 heteroatoms. The lowest BCUT2D eigenvalue weighted by Gasteiger charge is -2.10. The topological polar surface area (TPSA) is 83.5 Å². The number of aryl methyl sites for hydroxylation is 1. The fraction of sp³-hybridized carbons (Fsp3) is 0.143. The van der Waals surface area contributed by atoms with E-state index in [0.29, 0.717) is 17.0 Å². The Balaban J connectivity index is 1.64. The minimum atomic E-state index is -0.317. The van der Waals surface area contributed by atoms with Crippen LogP contribution in [0.5, 0.6) is 0 Å². The Kier molecular flexibility index (Phi) is 6.78. The molecule has 6 nitrogen and oxygen atoms in total. The van der Waals surface area contributed by atoms with Crippen molar-refractivity contribution in [2.24, 2.45) is 5.10 Å². The number of fused-ring (bicyclic) bond motifs is 1. The Bertz CT molecular complexity index is 1390. The van der Waals surface area contributed by atoms with E-state index >= 15 is 0 Å². The summed E-state index contributed by atoms with van der Waals surface area (Å²) in [7, 11) is 0. The van der Waals surface area contributed by atoms with Crippen molar-refractivity contribution in [2.75, 3.05) is 5.32 Å². The van der Waals surface area contributed by atoms with Crippen molar-refractivity contribution in [1.29, 1.82) is 0 Å². The molecule has 2 amide bonds. The number of carbonyl (C=O) groups excluding carboxylic acids is 2. The molecule has 0 saturated carbocycles. The number of nitrogens with one attached hydrogen (secondary N) is 2. The highest BCUT2D eigenvalue weighted by Gasteiger charge is 2.14. The van der Waals surface area contributed by atoms with Crippen LogP contribution in [0.4, 0.5) is 5.69 Å². The van der Waals surface area contributed by atoms with Crippen molar-refractivity contribution in [1.82, 2.24) is 10.4 Å². The van der Waals surface area contributed by atoms with Crippen LogP contribution in [0.2, 0.25) is 0 Å². The van der Waals surface area contributed by atoms with Crippen LogP contribution in [-0.2, 0) is 11.2 Å². The number of hydrogen-bond acceptors (Lipinski definition) is 4. The van der Waals surface area contributed by atoms with E-state index in [1.165, 1.54) is 12.5 Å². The molecule has 34 heavy (non-hydrogen) atoms. The second-order valence-corrected chi connectivity index (χ2v) is 8.02. The Morgan fingerprint density at radius 2 is 1.68 bits per heavy atom. The van der Waals surface area contributed by atoms with E-state index in [-0.39, 0.29) is 11.8 Å². The fourth-order valence-electron chi connectivity index (χ4n) is 3.71. The first kappa shape index (κ1) is 22.9. The smallest absolute Gasteiger partial charge is 0.272 e. The number of rotatable bonds is 6. The van der Waals surface area contributed by atoms with Gasteiger partial charge in [0.2, 0.25) is 5.91 Å². The summed E-state index contributed by atoms with van der Waals surface area (Å²) < 4.78 is 0. The van der Waals surface area contributed by atoms with Crippen LogP contribution >= 0.6 is 0 Å². The van der Waals surface area contributed by atoms with Gasteiger partial charge in [0.25, 0.3) is 5.91 Å². The number of anilines is 1. The highest BCUT2D eigenvalue weighted by molar-refractivity contribution is 6.08. The lowest BCUT2D eigenvalue weighted by atomic mass is 10.0. The van der Waals surface area contributed by atoms with Gasteiger partial charge in [0, 0.05) is 23.6 Å². The number of hydrazone groups is 1. The van der Waals surface area contributed by atoms with Crippen molar-refractivity contribution in [2.45, 2.75) is 27.2 Å². The number of para-hydroxylation sites is 1. The van der Waals surface area contributed by atoms with Crippen LogP contribution in [0.25, 0.3) is 22.2 Å². The van der Waals surface area contributed by atoms with Gasteiger partial charge < -0.3 is 5.32 Å². The van der Waals surface area contributed by atoms with Gasteiger partial charge in [-0.1, -0.05) is 61.5 Å². The maximum atomic E-state index is 13.2. The fourth-order valence-corrected chi connectivity index (χ4v) is 3.71. The highest BCUT2D eigenvalue weighted by atomic mass is 16.2. The molecule has 4 rings (SSSR count). The molecule has 0 fully saturated rings. The number of carbonyl (C=O) groups is 2. The quantitative estimate of drug-likeness (QED) is 0.297. The molecular formula is C28H26N4O2. The first-order chi connectivity index (χ1) is 16.4. The molecule has 4 aromatic rings. The molecule has 0 spiro atoms. The van der Waals surface area contributed by atoms with E-state index in [2.05, 4.69) is 34.9 Å². The third kappa shape index (κ3) is 5.18. The second-order valence-electron chi connectivity index (χ2n) is 8.02. The van der Waals surface area contributed by atoms with E-state index < -0.39 is 0 Å². The Labute approximate surface area is 198 Å². The van der Waals surface area contributed by atoms with E-state index in [0.717, 1.165) is 34.1 Å². The van der Waals surface area contributed by atoms with E-state index in [4.69, 9.17) is 4.98 Å². The van der Waals surface area contributed by atoms with Crippen molar-refractivity contribution < 1.29 is 9.59 Å². The van der Waals surface area contributed by atoms with Gasteiger partial charge in [0.1, 0.15) is 0 Å². The highest BCUT2D eigenvalue weighted by Crippen LogP contribution is 2.25. The minimum Gasteiger partial charge on any atom is -0.326 e. The average molecular weight is 451 g/mol. The Hall–Kier alpha value is -4.32. The molecule has 0 bridgehead atoms. The molecule has 0 atom stereocenters. The number of nitrogens with zero attached hydrogens (tertiary/aromatic N) is 2. The van der Waals surface area contributed by atoms with Gasteiger partial charge in [-0.25, -0.2) is 10.4 Å². The summed E-state index contributed by atoms with van der Waals surface area (Å²) >= 11 is 0. The van der Waals surface area contributed by atoms with Gasteiger partial charge in [-0.3, -0.25) is 9.59 Å². The van der Waals surface area contributed by atoms with Crippen molar-refractivity contribution in [3.8, 4) is 11.3 Å². The first-order valence-corrected chi connectivity index (χ1v) is 11.2. The standard InChI is InChI=1S/C28H26N4O2/c1-4-20-12-14-21(15-13-20)27-17-25(24-10-5-6-11-26(24)30-27)28(34)32-31-18(2)22-8-7-9-23(16-22)29-19(3)33/h5-17H,4H2,1-3H3,(H,29,33)(H,32,34)/b31-18-. The lowest BCUT2D eigenvalue weighted by molar-refractivity contribution is -0.114. The van der Waals surface area contributed by atoms with E-state index in [1.807, 2.05) is 54.6 Å². The molecule has 0 radical (unpaired) electrons. The van der Waals surface area contributed by atoms with E-state index in [9.17, 15) is 9.59 Å². The number of pyridine rings is 1. The first-order valence-electron chi connectivity index (χ1n) is 11.2. The monoisotopic (exact) mass is 450 g/mol. The van der Waals surface area contributed by atoms with Crippen molar-refractivity contribution in [3.63, 3.8) is 0 Å². The zero-order valence-corrected chi connectivity index (χ0v) is 19.4. The summed E-state index contributed by atoms with van der Waals surface area (Å²) in [4.78, 5) is 29.3. The average Bonchev–Trinajstić information content (AvgIpc) is 2.86. The lowest BCUT2D eigenvalue weighted by Crippen LogP contribution is -2.20. The molecule has 0 saturated heterocycles. The molecule has 1 heterocycles. The molecule has 0 aliphatic heterocycles. The summed E-state index contributed by atoms with van der Waals surface area (Å²) in [5.74, 6) is -0.466. The molecular weight excluding hydrogens is 424 g/mol. The SMILES string of the molecule is CCc1ccc(-c2cc(C(=O)N/N=C(/C)c3cccc(NC(C)=O)c3)c3ccccc3n2)cc1. The Morgan fingerprint density at radius 1 is 0.912 bits per heavy atom. The zero-order valence-electron chi connectivity index (χ0n) is 19.4. The summed E-state index contributed by atoms with van der Waals surface area (Å²) in [5.41, 5.74) is 8.94. The number of aromatic nitrogens is 1. The summed E-state index contributed by atoms with van der Waals surface area (Å²) in [5, 5.41) is 7.82. The number of hydrogen-bond donors (Lipinski definition) is 2. The van der Waals surface area contributed by atoms with Crippen molar-refractivity contribution >= 4 is 34.1 Å². The molecule has 2 N–H and O–H groups in total. The summed E-state index contributed by atoms with van der Waals surface area (Å²) in [6.45, 7) is 5.38. The predicted octanol–water partition coefficient (Wildman–Crippen LogP) is 5.58. The van der Waals surface area contributed by atoms with Crippen LogP contribution in [0.3, 0.4) is 0 Å². The van der Waals surface area contributed by atoms with Crippen molar-refractivity contribution in [3.05, 3.63) is 95.6 Å². The van der Waals surface area contributed by atoms with Gasteiger partial charge >= 0.3 is 0 Å². The maximum Gasteiger partial charge on any atom is 0.272 e. The minimum absolute atomic E-state index is 0.148. The maximum absolute atomic E-state index is 13.2. The van der Waals surface area contributed by atoms with Gasteiger partial charge in [0.15, 0.2) is 0 Å². The second kappa shape index (κ2) is 10.1. The normalized spacial score (nSPS) is 11.3. The van der Waals surface area contributed by atoms with Crippen LogP contribution < -0.4 is 10.7 Å². The van der Waals surface area contributed by atoms with Crippen LogP contribution in [-0.4, -0.2) is 22.5 Å². The van der Waals surface area contributed by atoms with Crippen LogP contribution in [0.1, 0.15) is 42.3 Å². The largest absolute Gasteiger partial charge is 0.326 e. The molecule has 1 aromatic heterocycles. The van der Waals surface area contributed by atoms with Crippen LogP contribution in [0, 0.1) is 0 Å². The molecule has 3 aromatic carbocycles. The van der Waals surface area contributed by atoms with Gasteiger partial charge in [-0.05, 0) is 48.7 Å². The third-order valence-electron chi connectivity index (χ3n) is 5.54. The van der Waals surface area contributed by atoms with Gasteiger partial charge in [0.05, 0.1) is 22.5 Å². The molecule has 0 unspecified atom stereocenters. The van der Waals surface area contributed by atoms with Crippen LogP contribution in [0.15, 0.2) is 84.0 Å². The molecule has 0 aliphatic rings. The molecule has 170 valence electrons. The van der Waals surface area contributed by atoms with E-state index in [1.54, 1.807) is 19.1 Å². The number of benzene rings is 3. The third-order valence-corrected chi connectivity index (χ3v) is 5.54. The number of amides is 2. The predicted molar refractivity (Wildman–Crippen MR) is 137 cm³/mol. The Morgan fingerprint density at radius 3 is 2.41 bits per heavy atom. The zero-order chi connectivity index (χ0) is 24.1. The van der Waals surface area contributed by atoms with Gasteiger partial charge in [-0.15, -0.1) is 0 Å². The summed E-state index contributed by atoms with van der Waals surface area (Å²) in [6, 6.07) is 24.9. The molecule has 0 aliphatic carbocycles. The summed E-state index contributed by atoms with van der Waals surface area (Å²) in [6.07, 6.45) is 0.962.